The molecule has 0 spiro atoms. The second kappa shape index (κ2) is 5.17. The highest BCUT2D eigenvalue weighted by atomic mass is 19.1. The molecule has 1 aromatic heterocycles. The van der Waals surface area contributed by atoms with Crippen molar-refractivity contribution >= 4 is 0 Å². The molecule has 0 fully saturated rings. The van der Waals surface area contributed by atoms with Gasteiger partial charge in [-0.05, 0) is 25.1 Å². The van der Waals surface area contributed by atoms with Gasteiger partial charge in [-0.15, -0.1) is 0 Å². The molecule has 20 heavy (non-hydrogen) atoms. The summed E-state index contributed by atoms with van der Waals surface area (Å²) in [5, 5.41) is 3.32. The Bertz CT molecular complexity index is 658. The Morgan fingerprint density at radius 3 is 2.95 bits per heavy atom. The van der Waals surface area contributed by atoms with Crippen molar-refractivity contribution < 1.29 is 9.13 Å². The molecule has 0 radical (unpaired) electrons. The number of nitrogens with zero attached hydrogens (tertiary/aromatic N) is 2. The zero-order valence-electron chi connectivity index (χ0n) is 11.5. The lowest BCUT2D eigenvalue weighted by atomic mass is 10.1. The van der Waals surface area contributed by atoms with Gasteiger partial charge in [-0.25, -0.2) is 14.4 Å². The fourth-order valence-electron chi connectivity index (χ4n) is 2.44. The van der Waals surface area contributed by atoms with Gasteiger partial charge in [0.1, 0.15) is 0 Å². The van der Waals surface area contributed by atoms with Crippen LogP contribution in [0.5, 0.6) is 5.75 Å². The average Bonchev–Trinajstić information content (AvgIpc) is 2.47. The number of halogens is 1. The summed E-state index contributed by atoms with van der Waals surface area (Å²) in [7, 11) is 1.45. The number of nitrogens with one attached hydrogen (secondary N) is 1. The SMILES string of the molecule is COc1cc(-c2nc(C)c3c(n2)CCNC3)ccc1F. The van der Waals surface area contributed by atoms with Gasteiger partial charge in [0, 0.05) is 36.3 Å². The van der Waals surface area contributed by atoms with Crippen LogP contribution in [-0.2, 0) is 13.0 Å². The molecule has 3 rings (SSSR count). The molecule has 0 unspecified atom stereocenters. The lowest BCUT2D eigenvalue weighted by Gasteiger charge is -2.18. The Balaban J connectivity index is 2.08. The molecule has 4 nitrogen and oxygen atoms in total. The first-order valence-electron chi connectivity index (χ1n) is 6.60. The molecular weight excluding hydrogens is 257 g/mol. The molecule has 0 saturated heterocycles. The molecule has 1 aromatic carbocycles. The Hall–Kier alpha value is -2.01. The quantitative estimate of drug-likeness (QED) is 0.911. The van der Waals surface area contributed by atoms with Crippen molar-refractivity contribution in [2.45, 2.75) is 19.9 Å². The normalized spacial score (nSPS) is 13.9. The van der Waals surface area contributed by atoms with Crippen LogP contribution in [0, 0.1) is 12.7 Å². The highest BCUT2D eigenvalue weighted by Crippen LogP contribution is 2.26. The Morgan fingerprint density at radius 1 is 1.30 bits per heavy atom. The third kappa shape index (κ3) is 2.25. The van der Waals surface area contributed by atoms with Crippen molar-refractivity contribution in [1.29, 1.82) is 0 Å². The summed E-state index contributed by atoms with van der Waals surface area (Å²) in [6, 6.07) is 4.70. The minimum atomic E-state index is -0.380. The topological polar surface area (TPSA) is 47.0 Å². The van der Waals surface area contributed by atoms with E-state index in [9.17, 15) is 4.39 Å². The monoisotopic (exact) mass is 273 g/mol. The molecular formula is C15H16FN3O. The van der Waals surface area contributed by atoms with Crippen LogP contribution in [0.15, 0.2) is 18.2 Å². The van der Waals surface area contributed by atoms with E-state index in [0.717, 1.165) is 36.5 Å². The van der Waals surface area contributed by atoms with E-state index in [0.29, 0.717) is 5.82 Å². The summed E-state index contributed by atoms with van der Waals surface area (Å²) in [6.07, 6.45) is 0.893. The number of hydrogen-bond acceptors (Lipinski definition) is 4. The number of hydrogen-bond donors (Lipinski definition) is 1. The van der Waals surface area contributed by atoms with Crippen molar-refractivity contribution in [3.05, 3.63) is 41.0 Å². The Kier molecular flexibility index (Phi) is 3.36. The van der Waals surface area contributed by atoms with Gasteiger partial charge >= 0.3 is 0 Å². The molecule has 0 amide bonds. The number of rotatable bonds is 2. The average molecular weight is 273 g/mol. The summed E-state index contributed by atoms with van der Waals surface area (Å²) in [5.41, 5.74) is 4.00. The van der Waals surface area contributed by atoms with E-state index in [1.54, 1.807) is 12.1 Å². The van der Waals surface area contributed by atoms with Crippen LogP contribution in [0.3, 0.4) is 0 Å². The van der Waals surface area contributed by atoms with Gasteiger partial charge in [0.15, 0.2) is 17.4 Å². The number of benzene rings is 1. The zero-order valence-corrected chi connectivity index (χ0v) is 11.5. The number of methoxy groups -OCH3 is 1. The highest BCUT2D eigenvalue weighted by Gasteiger charge is 2.16. The van der Waals surface area contributed by atoms with Gasteiger partial charge in [-0.3, -0.25) is 0 Å². The second-order valence-corrected chi connectivity index (χ2v) is 4.83. The summed E-state index contributed by atoms with van der Waals surface area (Å²) >= 11 is 0. The van der Waals surface area contributed by atoms with Crippen molar-refractivity contribution in [3.63, 3.8) is 0 Å². The molecule has 1 aliphatic heterocycles. The number of aromatic nitrogens is 2. The third-order valence-corrected chi connectivity index (χ3v) is 3.55. The minimum Gasteiger partial charge on any atom is -0.494 e. The van der Waals surface area contributed by atoms with E-state index in [4.69, 9.17) is 4.74 Å². The van der Waals surface area contributed by atoms with Crippen LogP contribution in [0.1, 0.15) is 17.0 Å². The lowest BCUT2D eigenvalue weighted by molar-refractivity contribution is 0.386. The maximum absolute atomic E-state index is 13.5. The molecule has 0 bridgehead atoms. The summed E-state index contributed by atoms with van der Waals surface area (Å²) in [4.78, 5) is 9.15. The van der Waals surface area contributed by atoms with Crippen molar-refractivity contribution in [1.82, 2.24) is 15.3 Å². The van der Waals surface area contributed by atoms with Crippen molar-refractivity contribution in [3.8, 4) is 17.1 Å². The smallest absolute Gasteiger partial charge is 0.165 e. The maximum Gasteiger partial charge on any atom is 0.165 e. The van der Waals surface area contributed by atoms with E-state index in [-0.39, 0.29) is 11.6 Å². The molecule has 2 heterocycles. The molecule has 1 N–H and O–H groups in total. The van der Waals surface area contributed by atoms with Crippen LogP contribution in [0.4, 0.5) is 4.39 Å². The van der Waals surface area contributed by atoms with E-state index in [1.165, 1.54) is 18.7 Å². The van der Waals surface area contributed by atoms with E-state index in [1.807, 2.05) is 6.92 Å². The fraction of sp³-hybridized carbons (Fsp3) is 0.333. The van der Waals surface area contributed by atoms with Gasteiger partial charge in [0.25, 0.3) is 0 Å². The molecule has 0 atom stereocenters. The summed E-state index contributed by atoms with van der Waals surface area (Å²) in [5.74, 6) is 0.458. The summed E-state index contributed by atoms with van der Waals surface area (Å²) in [6.45, 7) is 3.72. The minimum absolute atomic E-state index is 0.211. The maximum atomic E-state index is 13.5. The van der Waals surface area contributed by atoms with Crippen LogP contribution >= 0.6 is 0 Å². The predicted molar refractivity (Wildman–Crippen MR) is 74.1 cm³/mol. The first-order valence-corrected chi connectivity index (χ1v) is 6.60. The predicted octanol–water partition coefficient (Wildman–Crippen LogP) is 2.25. The molecule has 0 saturated carbocycles. The van der Waals surface area contributed by atoms with Gasteiger partial charge in [-0.1, -0.05) is 0 Å². The van der Waals surface area contributed by atoms with Crippen molar-refractivity contribution in [2.24, 2.45) is 0 Å². The van der Waals surface area contributed by atoms with E-state index < -0.39 is 0 Å². The van der Waals surface area contributed by atoms with Crippen LogP contribution in [-0.4, -0.2) is 23.6 Å². The lowest BCUT2D eigenvalue weighted by Crippen LogP contribution is -2.26. The first-order chi connectivity index (χ1) is 9.69. The van der Waals surface area contributed by atoms with Crippen LogP contribution < -0.4 is 10.1 Å². The molecule has 2 aromatic rings. The zero-order chi connectivity index (χ0) is 14.1. The first kappa shape index (κ1) is 13.0. The van der Waals surface area contributed by atoms with Gasteiger partial charge in [0.05, 0.1) is 12.8 Å². The molecule has 104 valence electrons. The van der Waals surface area contributed by atoms with Crippen LogP contribution in [0.2, 0.25) is 0 Å². The number of fused-ring (bicyclic) bond motifs is 1. The largest absolute Gasteiger partial charge is 0.494 e. The Morgan fingerprint density at radius 2 is 2.15 bits per heavy atom. The van der Waals surface area contributed by atoms with Gasteiger partial charge in [0.2, 0.25) is 0 Å². The molecule has 5 heteroatoms. The van der Waals surface area contributed by atoms with Gasteiger partial charge < -0.3 is 10.1 Å². The number of ether oxygens (including phenoxy) is 1. The standard InChI is InChI=1S/C15H16FN3O/c1-9-11-8-17-6-5-13(11)19-15(18-9)10-3-4-12(16)14(7-10)20-2/h3-4,7,17H,5-6,8H2,1-2H3. The number of aryl methyl sites for hydroxylation is 1. The third-order valence-electron chi connectivity index (χ3n) is 3.55. The highest BCUT2D eigenvalue weighted by molar-refractivity contribution is 5.58. The fourth-order valence-corrected chi connectivity index (χ4v) is 2.44. The van der Waals surface area contributed by atoms with Crippen LogP contribution in [0.25, 0.3) is 11.4 Å². The van der Waals surface area contributed by atoms with Gasteiger partial charge in [-0.2, -0.15) is 0 Å². The summed E-state index contributed by atoms with van der Waals surface area (Å²) < 4.78 is 18.5. The molecule has 1 aliphatic rings. The Labute approximate surface area is 117 Å². The second-order valence-electron chi connectivity index (χ2n) is 4.83. The van der Waals surface area contributed by atoms with E-state index >= 15 is 0 Å². The molecule has 0 aliphatic carbocycles. The van der Waals surface area contributed by atoms with E-state index in [2.05, 4.69) is 15.3 Å². The van der Waals surface area contributed by atoms with Crippen molar-refractivity contribution in [2.75, 3.05) is 13.7 Å².